The van der Waals surface area contributed by atoms with Crippen molar-refractivity contribution in [3.05, 3.63) is 34.1 Å². The molecule has 25 heavy (non-hydrogen) atoms. The van der Waals surface area contributed by atoms with Crippen LogP contribution in [0.2, 0.25) is 0 Å². The molecule has 2 heterocycles. The van der Waals surface area contributed by atoms with Gasteiger partial charge in [-0.3, -0.25) is 0 Å². The largest absolute Gasteiger partial charge is 0.313 e. The number of benzene rings is 1. The lowest BCUT2D eigenvalue weighted by Crippen LogP contribution is -3.15. The molecule has 0 bridgehead atoms. The van der Waals surface area contributed by atoms with Crippen molar-refractivity contribution in [1.29, 1.82) is 0 Å². The summed E-state index contributed by atoms with van der Waals surface area (Å²) >= 11 is 5.57. The molecule has 1 saturated heterocycles. The summed E-state index contributed by atoms with van der Waals surface area (Å²) in [5.41, 5.74) is 3.14. The summed E-state index contributed by atoms with van der Waals surface area (Å²) in [6, 6.07) is 6.23. The molecule has 1 aliphatic heterocycles. The van der Waals surface area contributed by atoms with Crippen LogP contribution in [0.25, 0.3) is 5.69 Å². The molecule has 0 amide bonds. The Morgan fingerprint density at radius 2 is 2.08 bits per heavy atom. The molecular formula is C16H24N5O2S2+. The Balaban J connectivity index is 1.86. The van der Waals surface area contributed by atoms with E-state index in [4.69, 9.17) is 12.2 Å². The number of nitrogens with one attached hydrogen (secondary N) is 1. The predicted octanol–water partition coefficient (Wildman–Crippen LogP) is 0.465. The van der Waals surface area contributed by atoms with Crippen molar-refractivity contribution >= 4 is 22.1 Å². The second-order valence-electron chi connectivity index (χ2n) is 6.73. The molecule has 1 unspecified atom stereocenters. The standard InChI is InChI=1S/C16H23N5O2S2/c1-4-19(14-7-8-25(22,23)10-14)11-20-16(24)21(18-17-20)15-9-12(2)5-6-13(15)3/h5-6,9,14H,4,7-8,10-11H2,1-3H3/p+1/t14-/m1/s1. The molecule has 9 heteroatoms. The summed E-state index contributed by atoms with van der Waals surface area (Å²) in [6.07, 6.45) is 0.698. The van der Waals surface area contributed by atoms with Crippen LogP contribution in [0.1, 0.15) is 24.5 Å². The van der Waals surface area contributed by atoms with Crippen molar-refractivity contribution in [3.63, 3.8) is 0 Å². The Morgan fingerprint density at radius 1 is 1.32 bits per heavy atom. The van der Waals surface area contributed by atoms with Gasteiger partial charge in [0.1, 0.15) is 11.8 Å². The van der Waals surface area contributed by atoms with Gasteiger partial charge in [-0.05, 0) is 60.6 Å². The summed E-state index contributed by atoms with van der Waals surface area (Å²) in [4.78, 5) is 1.17. The number of hydrogen-bond acceptors (Lipinski definition) is 5. The maximum Gasteiger partial charge on any atom is 0.225 e. The van der Waals surface area contributed by atoms with Gasteiger partial charge in [-0.15, -0.1) is 0 Å². The second-order valence-corrected chi connectivity index (χ2v) is 9.33. The average molecular weight is 383 g/mol. The minimum atomic E-state index is -2.90. The number of aromatic nitrogens is 4. The molecule has 0 aliphatic carbocycles. The highest BCUT2D eigenvalue weighted by Gasteiger charge is 2.35. The van der Waals surface area contributed by atoms with Gasteiger partial charge in [0, 0.05) is 6.42 Å². The van der Waals surface area contributed by atoms with E-state index in [0.29, 0.717) is 17.9 Å². The van der Waals surface area contributed by atoms with Crippen molar-refractivity contribution in [2.45, 2.75) is 39.9 Å². The van der Waals surface area contributed by atoms with Gasteiger partial charge in [0.05, 0.1) is 18.0 Å². The fraction of sp³-hybridized carbons (Fsp3) is 0.562. The molecule has 3 rings (SSSR count). The zero-order valence-electron chi connectivity index (χ0n) is 14.8. The lowest BCUT2D eigenvalue weighted by molar-refractivity contribution is -0.943. The maximum atomic E-state index is 11.8. The molecule has 1 aromatic carbocycles. The molecule has 7 nitrogen and oxygen atoms in total. The Hall–Kier alpha value is -1.58. The van der Waals surface area contributed by atoms with Crippen LogP contribution < -0.4 is 4.90 Å². The minimum Gasteiger partial charge on any atom is -0.313 e. The van der Waals surface area contributed by atoms with E-state index in [1.165, 1.54) is 4.90 Å². The van der Waals surface area contributed by atoms with Gasteiger partial charge in [-0.1, -0.05) is 12.1 Å². The Morgan fingerprint density at radius 3 is 2.72 bits per heavy atom. The number of tetrazole rings is 1. The van der Waals surface area contributed by atoms with Gasteiger partial charge in [0.25, 0.3) is 0 Å². The van der Waals surface area contributed by atoms with Gasteiger partial charge >= 0.3 is 0 Å². The Kier molecular flexibility index (Phi) is 5.08. The van der Waals surface area contributed by atoms with Crippen molar-refractivity contribution < 1.29 is 13.3 Å². The van der Waals surface area contributed by atoms with Crippen LogP contribution in [0.5, 0.6) is 0 Å². The number of rotatable bonds is 5. The first kappa shape index (κ1) is 18.2. The van der Waals surface area contributed by atoms with Crippen LogP contribution in [0.15, 0.2) is 18.2 Å². The second kappa shape index (κ2) is 6.97. The smallest absolute Gasteiger partial charge is 0.225 e. The normalized spacial score (nSPS) is 20.7. The van der Waals surface area contributed by atoms with Crippen LogP contribution in [0.4, 0.5) is 0 Å². The molecule has 1 aromatic heterocycles. The SMILES string of the molecule is CC[NH+](Cn1nnn(-c2cc(C)ccc2C)c1=S)[C@@H]1CCS(=O)(=O)C1. The van der Waals surface area contributed by atoms with Crippen molar-refractivity contribution in [2.24, 2.45) is 0 Å². The first-order valence-corrected chi connectivity index (χ1v) is 10.7. The zero-order valence-corrected chi connectivity index (χ0v) is 16.4. The summed E-state index contributed by atoms with van der Waals surface area (Å²) in [5.74, 6) is 0.524. The molecule has 1 N–H and O–H groups in total. The molecule has 0 radical (unpaired) electrons. The fourth-order valence-electron chi connectivity index (χ4n) is 3.31. The Bertz CT molecular complexity index is 932. The van der Waals surface area contributed by atoms with Gasteiger partial charge in [0.2, 0.25) is 4.77 Å². The highest BCUT2D eigenvalue weighted by Crippen LogP contribution is 2.15. The van der Waals surface area contributed by atoms with Gasteiger partial charge < -0.3 is 4.90 Å². The predicted molar refractivity (Wildman–Crippen MR) is 98.2 cm³/mol. The number of aryl methyl sites for hydroxylation is 2. The first-order chi connectivity index (χ1) is 11.8. The lowest BCUT2D eigenvalue weighted by Gasteiger charge is -2.22. The van der Waals surface area contributed by atoms with E-state index in [-0.39, 0.29) is 17.5 Å². The van der Waals surface area contributed by atoms with Crippen LogP contribution >= 0.6 is 12.2 Å². The monoisotopic (exact) mass is 382 g/mol. The summed E-state index contributed by atoms with van der Waals surface area (Å²) in [6.45, 7) is 7.45. The van der Waals surface area contributed by atoms with Crippen molar-refractivity contribution in [2.75, 3.05) is 18.1 Å². The molecule has 1 aliphatic rings. The number of hydrogen-bond donors (Lipinski definition) is 1. The zero-order chi connectivity index (χ0) is 18.2. The number of quaternary nitrogens is 1. The van der Waals surface area contributed by atoms with E-state index in [1.54, 1.807) is 9.36 Å². The van der Waals surface area contributed by atoms with Gasteiger partial charge in [-0.2, -0.15) is 9.36 Å². The molecular weight excluding hydrogens is 358 g/mol. The molecule has 0 saturated carbocycles. The molecule has 1 fully saturated rings. The third kappa shape index (κ3) is 3.83. The molecule has 2 aromatic rings. The van der Waals surface area contributed by atoms with E-state index < -0.39 is 9.84 Å². The summed E-state index contributed by atoms with van der Waals surface area (Å²) in [5, 5.41) is 8.44. The van der Waals surface area contributed by atoms with Gasteiger partial charge in [0.15, 0.2) is 16.5 Å². The third-order valence-corrected chi connectivity index (χ3v) is 7.00. The van der Waals surface area contributed by atoms with Crippen LogP contribution in [-0.2, 0) is 16.5 Å². The van der Waals surface area contributed by atoms with E-state index in [1.807, 2.05) is 26.0 Å². The Labute approximate surface area is 153 Å². The third-order valence-electron chi connectivity index (χ3n) is 4.85. The van der Waals surface area contributed by atoms with E-state index in [2.05, 4.69) is 23.4 Å². The summed E-state index contributed by atoms with van der Waals surface area (Å²) in [7, 11) is -2.90. The van der Waals surface area contributed by atoms with E-state index in [0.717, 1.165) is 23.4 Å². The number of sulfone groups is 1. The highest BCUT2D eigenvalue weighted by molar-refractivity contribution is 7.91. The van der Waals surface area contributed by atoms with Crippen molar-refractivity contribution in [1.82, 2.24) is 19.8 Å². The minimum absolute atomic E-state index is 0.0998. The maximum absolute atomic E-state index is 11.8. The van der Waals surface area contributed by atoms with E-state index >= 15 is 0 Å². The van der Waals surface area contributed by atoms with Crippen molar-refractivity contribution in [3.8, 4) is 5.69 Å². The van der Waals surface area contributed by atoms with Crippen LogP contribution in [-0.4, -0.2) is 52.3 Å². The first-order valence-electron chi connectivity index (χ1n) is 8.46. The number of nitrogens with zero attached hydrogens (tertiary/aromatic N) is 4. The van der Waals surface area contributed by atoms with Crippen LogP contribution in [0, 0.1) is 18.6 Å². The quantitative estimate of drug-likeness (QED) is 0.761. The fourth-order valence-corrected chi connectivity index (χ4v) is 5.37. The molecule has 0 spiro atoms. The lowest BCUT2D eigenvalue weighted by atomic mass is 10.1. The summed E-state index contributed by atoms with van der Waals surface area (Å²) < 4.78 is 27.4. The average Bonchev–Trinajstić information content (AvgIpc) is 3.10. The van der Waals surface area contributed by atoms with E-state index in [9.17, 15) is 8.42 Å². The highest BCUT2D eigenvalue weighted by atomic mass is 32.2. The van der Waals surface area contributed by atoms with Crippen LogP contribution in [0.3, 0.4) is 0 Å². The molecule has 2 atom stereocenters. The molecule has 136 valence electrons. The topological polar surface area (TPSA) is 74.2 Å². The van der Waals surface area contributed by atoms with Gasteiger partial charge in [-0.25, -0.2) is 8.42 Å².